The van der Waals surface area contributed by atoms with Crippen LogP contribution in [0, 0.1) is 0 Å². The molecule has 9 heteroatoms. The number of carbonyl (C=O) groups is 2. The molecule has 0 aromatic heterocycles. The molecule has 0 fully saturated rings. The highest BCUT2D eigenvalue weighted by Gasteiger charge is 2.29. The molecule has 178 valence electrons. The van der Waals surface area contributed by atoms with Crippen LogP contribution in [0.4, 0.5) is 0 Å². The van der Waals surface area contributed by atoms with E-state index in [2.05, 4.69) is 15.9 Å². The second-order valence-corrected chi connectivity index (χ2v) is 8.60. The normalized spacial score (nSPS) is 15.1. The third kappa shape index (κ3) is 4.60. The molecular weight excluding hydrogens is 520 g/mol. The third-order valence-corrected chi connectivity index (χ3v) is 5.89. The van der Waals surface area contributed by atoms with Gasteiger partial charge in [0.2, 0.25) is 5.78 Å². The predicted molar refractivity (Wildman–Crippen MR) is 128 cm³/mol. The predicted octanol–water partition coefficient (Wildman–Crippen LogP) is 5.17. The number of allylic oxidation sites excluding steroid dienone is 1. The van der Waals surface area contributed by atoms with Gasteiger partial charge >= 0.3 is 5.97 Å². The highest BCUT2D eigenvalue weighted by atomic mass is 79.9. The van der Waals surface area contributed by atoms with Gasteiger partial charge in [0.25, 0.3) is 0 Å². The maximum absolute atomic E-state index is 12.9. The van der Waals surface area contributed by atoms with E-state index in [-0.39, 0.29) is 29.6 Å². The van der Waals surface area contributed by atoms with E-state index in [1.54, 1.807) is 36.4 Å². The van der Waals surface area contributed by atoms with Crippen molar-refractivity contribution in [2.24, 2.45) is 0 Å². The number of esters is 1. The van der Waals surface area contributed by atoms with E-state index < -0.39 is 5.97 Å². The summed E-state index contributed by atoms with van der Waals surface area (Å²) in [7, 11) is 2.99. The lowest BCUT2D eigenvalue weighted by atomic mass is 10.1. The molecule has 0 atom stereocenters. The lowest BCUT2D eigenvalue weighted by Crippen LogP contribution is -2.12. The van der Waals surface area contributed by atoms with Crippen LogP contribution in [-0.4, -0.2) is 32.8 Å². The quantitative estimate of drug-likeness (QED) is 0.249. The van der Waals surface area contributed by atoms with Gasteiger partial charge in [-0.3, -0.25) is 4.79 Å². The van der Waals surface area contributed by atoms with E-state index in [1.807, 2.05) is 12.1 Å². The Kier molecular flexibility index (Phi) is 6.19. The Hall–Kier alpha value is -3.82. The molecular formula is C26H19BrO8. The van der Waals surface area contributed by atoms with Crippen LogP contribution in [-0.2, 0) is 11.3 Å². The van der Waals surface area contributed by atoms with Crippen LogP contribution in [0.1, 0.15) is 31.8 Å². The van der Waals surface area contributed by atoms with Crippen LogP contribution >= 0.6 is 15.9 Å². The molecule has 35 heavy (non-hydrogen) atoms. The number of fused-ring (bicyclic) bond motifs is 2. The van der Waals surface area contributed by atoms with Gasteiger partial charge in [-0.1, -0.05) is 15.9 Å². The molecule has 2 aliphatic rings. The van der Waals surface area contributed by atoms with Gasteiger partial charge in [0.15, 0.2) is 12.6 Å². The van der Waals surface area contributed by atoms with E-state index in [0.717, 1.165) is 10.0 Å². The van der Waals surface area contributed by atoms with Crippen molar-refractivity contribution in [3.05, 3.63) is 81.0 Å². The van der Waals surface area contributed by atoms with Crippen LogP contribution in [0.2, 0.25) is 0 Å². The minimum Gasteiger partial charge on any atom is -0.497 e. The number of rotatable bonds is 5. The Bertz CT molecular complexity index is 1360. The molecule has 0 aliphatic carbocycles. The average Bonchev–Trinajstić information content (AvgIpc) is 3.17. The summed E-state index contributed by atoms with van der Waals surface area (Å²) >= 11 is 3.47. The minimum atomic E-state index is -0.609. The smallest absolute Gasteiger partial charge is 0.343 e. The molecule has 0 N–H and O–H groups in total. The van der Waals surface area contributed by atoms with E-state index in [9.17, 15) is 9.59 Å². The highest BCUT2D eigenvalue weighted by molar-refractivity contribution is 9.10. The number of ketones is 1. The first-order chi connectivity index (χ1) is 16.9. The number of halogens is 1. The summed E-state index contributed by atoms with van der Waals surface area (Å²) in [5.41, 5.74) is 2.17. The topological polar surface area (TPSA) is 89.5 Å². The van der Waals surface area contributed by atoms with Crippen LogP contribution in [0.3, 0.4) is 0 Å². The second-order valence-electron chi connectivity index (χ2n) is 7.68. The SMILES string of the molecule is COc1cc(OC)cc(C(=O)Oc2ccc3c(c2)O/C(=C\c2cc(Br)cc4c2OCOC4)C3=O)c1. The Labute approximate surface area is 209 Å². The Balaban J connectivity index is 1.39. The summed E-state index contributed by atoms with van der Waals surface area (Å²) in [6, 6.07) is 13.1. The monoisotopic (exact) mass is 538 g/mol. The van der Waals surface area contributed by atoms with Crippen molar-refractivity contribution in [3.8, 4) is 28.7 Å². The van der Waals surface area contributed by atoms with Gasteiger partial charge in [0.1, 0.15) is 28.7 Å². The maximum atomic E-state index is 12.9. The largest absolute Gasteiger partial charge is 0.497 e. The van der Waals surface area contributed by atoms with Gasteiger partial charge in [-0.05, 0) is 42.5 Å². The maximum Gasteiger partial charge on any atom is 0.343 e. The molecule has 0 saturated heterocycles. The van der Waals surface area contributed by atoms with Crippen molar-refractivity contribution >= 4 is 33.8 Å². The molecule has 5 rings (SSSR count). The van der Waals surface area contributed by atoms with Crippen LogP contribution < -0.4 is 23.7 Å². The fourth-order valence-electron chi connectivity index (χ4n) is 3.78. The molecule has 0 amide bonds. The van der Waals surface area contributed by atoms with Gasteiger partial charge < -0.3 is 28.4 Å². The fourth-order valence-corrected chi connectivity index (χ4v) is 4.30. The van der Waals surface area contributed by atoms with Gasteiger partial charge in [-0.2, -0.15) is 0 Å². The van der Waals surface area contributed by atoms with Crippen LogP contribution in [0.5, 0.6) is 28.7 Å². The zero-order chi connectivity index (χ0) is 24.5. The fraction of sp³-hybridized carbons (Fsp3) is 0.154. The molecule has 2 aliphatic heterocycles. The van der Waals surface area contributed by atoms with Crippen LogP contribution in [0.25, 0.3) is 6.08 Å². The molecule has 0 radical (unpaired) electrons. The molecule has 8 nitrogen and oxygen atoms in total. The number of ether oxygens (including phenoxy) is 6. The molecule has 2 heterocycles. The van der Waals surface area contributed by atoms with E-state index in [4.69, 9.17) is 28.4 Å². The first-order valence-corrected chi connectivity index (χ1v) is 11.3. The van der Waals surface area contributed by atoms with Crippen molar-refractivity contribution in [1.82, 2.24) is 0 Å². The summed E-state index contributed by atoms with van der Waals surface area (Å²) < 4.78 is 33.5. The molecule has 0 saturated carbocycles. The first kappa shape index (κ1) is 22.9. The van der Waals surface area contributed by atoms with Crippen molar-refractivity contribution in [3.63, 3.8) is 0 Å². The van der Waals surface area contributed by atoms with Crippen molar-refractivity contribution in [2.45, 2.75) is 6.61 Å². The Morgan fingerprint density at radius 3 is 2.51 bits per heavy atom. The molecule has 0 bridgehead atoms. The number of benzene rings is 3. The molecule has 0 unspecified atom stereocenters. The number of hydrogen-bond acceptors (Lipinski definition) is 8. The minimum absolute atomic E-state index is 0.133. The number of carbonyl (C=O) groups excluding carboxylic acids is 2. The summed E-state index contributed by atoms with van der Waals surface area (Å²) in [6.07, 6.45) is 1.63. The highest BCUT2D eigenvalue weighted by Crippen LogP contribution is 2.38. The third-order valence-electron chi connectivity index (χ3n) is 5.43. The zero-order valence-electron chi connectivity index (χ0n) is 18.8. The van der Waals surface area contributed by atoms with Crippen molar-refractivity contribution in [1.29, 1.82) is 0 Å². The summed E-state index contributed by atoms with van der Waals surface area (Å²) in [4.78, 5) is 25.7. The molecule has 3 aromatic carbocycles. The van der Waals surface area contributed by atoms with Crippen LogP contribution in [0.15, 0.2) is 58.8 Å². The van der Waals surface area contributed by atoms with Crippen molar-refractivity contribution < 1.29 is 38.0 Å². The standard InChI is InChI=1S/C26H19BrO8/c1-30-19-7-15(8-20(10-19)31-2)26(29)34-18-3-4-21-22(11-18)35-23(24(21)28)9-14-5-17(27)6-16-12-32-13-33-25(14)16/h3-11H,12-13H2,1-2H3/b23-9-. The summed E-state index contributed by atoms with van der Waals surface area (Å²) in [6.45, 7) is 0.543. The van der Waals surface area contributed by atoms with E-state index in [0.29, 0.717) is 40.7 Å². The van der Waals surface area contributed by atoms with Gasteiger partial charge in [0, 0.05) is 27.7 Å². The molecule has 0 spiro atoms. The lowest BCUT2D eigenvalue weighted by molar-refractivity contribution is -0.0165. The van der Waals surface area contributed by atoms with E-state index >= 15 is 0 Å². The summed E-state index contributed by atoms with van der Waals surface area (Å²) in [5, 5.41) is 0. The lowest BCUT2D eigenvalue weighted by Gasteiger charge is -2.20. The molecule has 3 aromatic rings. The van der Waals surface area contributed by atoms with Gasteiger partial charge in [-0.15, -0.1) is 0 Å². The second kappa shape index (κ2) is 9.44. The zero-order valence-corrected chi connectivity index (χ0v) is 20.3. The Morgan fingerprint density at radius 2 is 1.77 bits per heavy atom. The van der Waals surface area contributed by atoms with E-state index in [1.165, 1.54) is 20.3 Å². The van der Waals surface area contributed by atoms with Crippen molar-refractivity contribution in [2.75, 3.05) is 21.0 Å². The first-order valence-electron chi connectivity index (χ1n) is 10.5. The van der Waals surface area contributed by atoms with Gasteiger partial charge in [-0.25, -0.2) is 4.79 Å². The Morgan fingerprint density at radius 1 is 1.00 bits per heavy atom. The number of methoxy groups -OCH3 is 2. The number of hydrogen-bond donors (Lipinski definition) is 0. The average molecular weight is 539 g/mol. The number of Topliss-reactive ketones (excluding diaryl/α,β-unsaturated/α-hetero) is 1. The van der Waals surface area contributed by atoms with Gasteiger partial charge in [0.05, 0.1) is 32.0 Å². The summed E-state index contributed by atoms with van der Waals surface area (Å²) in [5.74, 6) is 1.32.